The lowest BCUT2D eigenvalue weighted by atomic mass is 10.1. The van der Waals surface area contributed by atoms with Crippen LogP contribution >= 0.6 is 11.6 Å². The first-order valence-corrected chi connectivity index (χ1v) is 10.1. The number of hydrogen-bond donors (Lipinski definition) is 1. The maximum Gasteiger partial charge on any atom is 0.263 e. The standard InChI is InChI=1S/C24H21ClN2O3/c1-16-24(29)27(14-18-9-5-6-10-21(18)25)15-19-13-20(11-12-22(19)30-16)26-23(28)17-7-3-2-4-8-17/h2-13,16H,14-15H2,1H3,(H,26,28). The van der Waals surface area contributed by atoms with Crippen LogP contribution in [0.2, 0.25) is 5.02 Å². The highest BCUT2D eigenvalue weighted by Crippen LogP contribution is 2.30. The molecule has 3 aromatic rings. The molecule has 0 saturated heterocycles. The van der Waals surface area contributed by atoms with Crippen LogP contribution in [0.15, 0.2) is 72.8 Å². The number of carbonyl (C=O) groups excluding carboxylic acids is 2. The third-order valence-electron chi connectivity index (χ3n) is 5.00. The van der Waals surface area contributed by atoms with Crippen molar-refractivity contribution in [2.75, 3.05) is 5.32 Å². The van der Waals surface area contributed by atoms with Crippen molar-refractivity contribution in [1.82, 2.24) is 4.90 Å². The molecule has 1 heterocycles. The van der Waals surface area contributed by atoms with E-state index in [2.05, 4.69) is 5.32 Å². The number of benzene rings is 3. The average Bonchev–Trinajstić information content (AvgIpc) is 2.87. The molecule has 152 valence electrons. The van der Waals surface area contributed by atoms with Crippen LogP contribution in [0.3, 0.4) is 0 Å². The van der Waals surface area contributed by atoms with Crippen LogP contribution < -0.4 is 10.1 Å². The molecule has 0 spiro atoms. The van der Waals surface area contributed by atoms with E-state index in [1.807, 2.05) is 48.5 Å². The van der Waals surface area contributed by atoms with Crippen molar-refractivity contribution in [2.24, 2.45) is 0 Å². The SMILES string of the molecule is CC1Oc2ccc(NC(=O)c3ccccc3)cc2CN(Cc2ccccc2Cl)C1=O. The lowest BCUT2D eigenvalue weighted by Crippen LogP contribution is -2.37. The van der Waals surface area contributed by atoms with Crippen LogP contribution in [0, 0.1) is 0 Å². The molecule has 1 aliphatic rings. The molecule has 1 N–H and O–H groups in total. The van der Waals surface area contributed by atoms with Gasteiger partial charge in [0.15, 0.2) is 6.10 Å². The number of amides is 2. The molecular formula is C24H21ClN2O3. The van der Waals surface area contributed by atoms with Crippen LogP contribution in [0.5, 0.6) is 5.75 Å². The monoisotopic (exact) mass is 420 g/mol. The Bertz CT molecular complexity index is 1080. The van der Waals surface area contributed by atoms with E-state index in [0.29, 0.717) is 35.1 Å². The molecule has 0 saturated carbocycles. The molecule has 1 atom stereocenters. The van der Waals surface area contributed by atoms with Crippen LogP contribution in [0.1, 0.15) is 28.4 Å². The van der Waals surface area contributed by atoms with Gasteiger partial charge in [0, 0.05) is 34.9 Å². The average molecular weight is 421 g/mol. The van der Waals surface area contributed by atoms with E-state index in [4.69, 9.17) is 16.3 Å². The van der Waals surface area contributed by atoms with E-state index in [9.17, 15) is 9.59 Å². The van der Waals surface area contributed by atoms with Gasteiger partial charge in [0.25, 0.3) is 11.8 Å². The summed E-state index contributed by atoms with van der Waals surface area (Å²) < 4.78 is 5.87. The molecule has 0 aromatic heterocycles. The maximum atomic E-state index is 12.9. The van der Waals surface area contributed by atoms with E-state index in [1.165, 1.54) is 0 Å². The van der Waals surface area contributed by atoms with E-state index in [1.54, 1.807) is 36.1 Å². The molecule has 0 bridgehead atoms. The minimum absolute atomic E-state index is 0.110. The van der Waals surface area contributed by atoms with Gasteiger partial charge in [0.05, 0.1) is 0 Å². The normalized spacial score (nSPS) is 15.7. The Labute approximate surface area is 180 Å². The fourth-order valence-electron chi connectivity index (χ4n) is 3.44. The van der Waals surface area contributed by atoms with E-state index in [0.717, 1.165) is 11.1 Å². The van der Waals surface area contributed by atoms with Gasteiger partial charge >= 0.3 is 0 Å². The number of nitrogens with zero attached hydrogens (tertiary/aromatic N) is 1. The smallest absolute Gasteiger partial charge is 0.263 e. The third kappa shape index (κ3) is 4.31. The maximum absolute atomic E-state index is 12.9. The second-order valence-corrected chi connectivity index (χ2v) is 7.60. The Hall–Kier alpha value is -3.31. The van der Waals surface area contributed by atoms with Crippen LogP contribution in [-0.4, -0.2) is 22.8 Å². The molecule has 5 nitrogen and oxygen atoms in total. The van der Waals surface area contributed by atoms with Gasteiger partial charge in [-0.1, -0.05) is 48.0 Å². The minimum atomic E-state index is -0.613. The van der Waals surface area contributed by atoms with Gasteiger partial charge in [-0.05, 0) is 48.9 Å². The summed E-state index contributed by atoms with van der Waals surface area (Å²) in [5, 5.41) is 3.52. The molecule has 2 amide bonds. The highest BCUT2D eigenvalue weighted by molar-refractivity contribution is 6.31. The predicted molar refractivity (Wildman–Crippen MR) is 117 cm³/mol. The van der Waals surface area contributed by atoms with Crippen molar-refractivity contribution in [2.45, 2.75) is 26.1 Å². The zero-order valence-corrected chi connectivity index (χ0v) is 17.2. The minimum Gasteiger partial charge on any atom is -0.481 e. The highest BCUT2D eigenvalue weighted by Gasteiger charge is 2.28. The summed E-state index contributed by atoms with van der Waals surface area (Å²) in [5.41, 5.74) is 2.92. The van der Waals surface area contributed by atoms with E-state index < -0.39 is 6.10 Å². The fraction of sp³-hybridized carbons (Fsp3) is 0.167. The largest absolute Gasteiger partial charge is 0.481 e. The van der Waals surface area contributed by atoms with Crippen molar-refractivity contribution in [3.8, 4) is 5.75 Å². The summed E-state index contributed by atoms with van der Waals surface area (Å²) in [4.78, 5) is 27.1. The number of carbonyl (C=O) groups is 2. The van der Waals surface area contributed by atoms with Gasteiger partial charge in [0.1, 0.15) is 5.75 Å². The Morgan fingerprint density at radius 3 is 2.60 bits per heavy atom. The zero-order valence-electron chi connectivity index (χ0n) is 16.5. The number of anilines is 1. The fourth-order valence-corrected chi connectivity index (χ4v) is 3.63. The number of halogens is 1. The van der Waals surface area contributed by atoms with E-state index in [-0.39, 0.29) is 11.8 Å². The van der Waals surface area contributed by atoms with Crippen molar-refractivity contribution < 1.29 is 14.3 Å². The van der Waals surface area contributed by atoms with Crippen LogP contribution in [0.25, 0.3) is 0 Å². The molecule has 0 fully saturated rings. The number of ether oxygens (including phenoxy) is 1. The summed E-state index contributed by atoms with van der Waals surface area (Å²) in [6.07, 6.45) is -0.613. The Kier molecular flexibility index (Phi) is 5.72. The zero-order chi connectivity index (χ0) is 21.1. The number of fused-ring (bicyclic) bond motifs is 1. The number of hydrogen-bond acceptors (Lipinski definition) is 3. The molecule has 1 aliphatic heterocycles. The van der Waals surface area contributed by atoms with Gasteiger partial charge in [-0.2, -0.15) is 0 Å². The molecule has 0 aliphatic carbocycles. The van der Waals surface area contributed by atoms with Gasteiger partial charge in [0.2, 0.25) is 0 Å². The first-order valence-electron chi connectivity index (χ1n) is 9.69. The van der Waals surface area contributed by atoms with Gasteiger partial charge in [-0.25, -0.2) is 0 Å². The Morgan fingerprint density at radius 1 is 1.10 bits per heavy atom. The van der Waals surface area contributed by atoms with Crippen molar-refractivity contribution in [1.29, 1.82) is 0 Å². The summed E-state index contributed by atoms with van der Waals surface area (Å²) in [7, 11) is 0. The number of nitrogens with one attached hydrogen (secondary N) is 1. The summed E-state index contributed by atoms with van der Waals surface area (Å²) in [5.74, 6) is 0.332. The van der Waals surface area contributed by atoms with Crippen molar-refractivity contribution in [3.63, 3.8) is 0 Å². The molecule has 0 radical (unpaired) electrons. The topological polar surface area (TPSA) is 58.6 Å². The quantitative estimate of drug-likeness (QED) is 0.653. The molecule has 30 heavy (non-hydrogen) atoms. The second-order valence-electron chi connectivity index (χ2n) is 7.19. The molecular weight excluding hydrogens is 400 g/mol. The molecule has 6 heteroatoms. The van der Waals surface area contributed by atoms with Gasteiger partial charge in [-0.15, -0.1) is 0 Å². The second kappa shape index (κ2) is 8.59. The molecule has 4 rings (SSSR count). The summed E-state index contributed by atoms with van der Waals surface area (Å²) >= 11 is 6.29. The summed E-state index contributed by atoms with van der Waals surface area (Å²) in [6.45, 7) is 2.48. The highest BCUT2D eigenvalue weighted by atomic mass is 35.5. The molecule has 3 aromatic carbocycles. The Balaban J connectivity index is 1.58. The van der Waals surface area contributed by atoms with Crippen LogP contribution in [0.4, 0.5) is 5.69 Å². The predicted octanol–water partition coefficient (Wildman–Crippen LogP) is 4.90. The van der Waals surface area contributed by atoms with Gasteiger partial charge in [-0.3, -0.25) is 9.59 Å². The lowest BCUT2D eigenvalue weighted by molar-refractivity contribution is -0.138. The van der Waals surface area contributed by atoms with E-state index >= 15 is 0 Å². The lowest BCUT2D eigenvalue weighted by Gasteiger charge is -2.22. The van der Waals surface area contributed by atoms with Gasteiger partial charge < -0.3 is 15.0 Å². The Morgan fingerprint density at radius 2 is 1.83 bits per heavy atom. The first-order chi connectivity index (χ1) is 14.5. The first kappa shape index (κ1) is 20.0. The number of rotatable bonds is 4. The van der Waals surface area contributed by atoms with Crippen molar-refractivity contribution in [3.05, 3.63) is 94.5 Å². The van der Waals surface area contributed by atoms with Crippen LogP contribution in [-0.2, 0) is 17.9 Å². The van der Waals surface area contributed by atoms with Crippen molar-refractivity contribution >= 4 is 29.1 Å². The molecule has 1 unspecified atom stereocenters. The summed E-state index contributed by atoms with van der Waals surface area (Å²) in [6, 6.07) is 21.9. The third-order valence-corrected chi connectivity index (χ3v) is 5.37.